The minimum atomic E-state index is -0.378. The number of nitrogens with zero attached hydrogens (tertiary/aromatic N) is 3. The molecule has 8 nitrogen and oxygen atoms in total. The van der Waals surface area contributed by atoms with Crippen molar-refractivity contribution in [3.63, 3.8) is 0 Å². The van der Waals surface area contributed by atoms with Crippen LogP contribution in [0.4, 0.5) is 10.5 Å². The molecule has 0 saturated carbocycles. The van der Waals surface area contributed by atoms with Crippen molar-refractivity contribution < 1.29 is 19.1 Å². The first-order valence-electron chi connectivity index (χ1n) is 8.38. The molecule has 2 amide bonds. The van der Waals surface area contributed by atoms with E-state index in [9.17, 15) is 9.59 Å². The number of amides is 2. The second-order valence-electron chi connectivity index (χ2n) is 6.26. The molecule has 2 atom stereocenters. The molecule has 0 aliphatic carbocycles. The lowest BCUT2D eigenvalue weighted by atomic mass is 10.1. The van der Waals surface area contributed by atoms with Gasteiger partial charge in [-0.25, -0.2) is 4.79 Å². The van der Waals surface area contributed by atoms with Gasteiger partial charge < -0.3 is 19.7 Å². The molecule has 2 aliphatic rings. The number of esters is 1. The fourth-order valence-electron chi connectivity index (χ4n) is 3.44. The van der Waals surface area contributed by atoms with E-state index in [1.807, 2.05) is 11.8 Å². The Morgan fingerprint density at radius 3 is 2.96 bits per heavy atom. The molecule has 1 aromatic heterocycles. The van der Waals surface area contributed by atoms with Crippen LogP contribution in [-0.4, -0.2) is 59.1 Å². The maximum atomic E-state index is 12.7. The molecule has 0 spiro atoms. The van der Waals surface area contributed by atoms with E-state index in [4.69, 9.17) is 4.74 Å². The molecule has 2 saturated heterocycles. The molecular weight excluding hydrogens is 312 g/mol. The number of carbonyl (C=O) groups excluding carboxylic acids is 2. The van der Waals surface area contributed by atoms with Crippen molar-refractivity contribution in [2.75, 3.05) is 25.6 Å². The third kappa shape index (κ3) is 3.38. The number of urea groups is 1. The third-order valence-corrected chi connectivity index (χ3v) is 4.81. The molecule has 24 heavy (non-hydrogen) atoms. The number of nitrogens with one attached hydrogen (secondary N) is 1. The molecule has 8 heteroatoms. The summed E-state index contributed by atoms with van der Waals surface area (Å²) in [5.41, 5.74) is 1.34. The van der Waals surface area contributed by atoms with Gasteiger partial charge in [-0.05, 0) is 32.6 Å². The molecule has 1 N–H and O–H groups in total. The molecule has 3 rings (SSSR count). The van der Waals surface area contributed by atoms with Crippen molar-refractivity contribution >= 4 is 17.7 Å². The largest absolute Gasteiger partial charge is 0.468 e. The predicted molar refractivity (Wildman–Crippen MR) is 86.7 cm³/mol. The topological polar surface area (TPSA) is 85.7 Å². The molecule has 2 aliphatic heterocycles. The van der Waals surface area contributed by atoms with Gasteiger partial charge in [-0.1, -0.05) is 0 Å². The van der Waals surface area contributed by atoms with E-state index >= 15 is 0 Å². The lowest BCUT2D eigenvalue weighted by Crippen LogP contribution is -2.44. The first-order valence-corrected chi connectivity index (χ1v) is 8.38. The average Bonchev–Trinajstić information content (AvgIpc) is 3.30. The zero-order chi connectivity index (χ0) is 17.1. The van der Waals surface area contributed by atoms with Crippen LogP contribution >= 0.6 is 0 Å². The summed E-state index contributed by atoms with van der Waals surface area (Å²) >= 11 is 0. The van der Waals surface area contributed by atoms with E-state index < -0.39 is 0 Å². The van der Waals surface area contributed by atoms with Gasteiger partial charge in [0.05, 0.1) is 36.8 Å². The highest BCUT2D eigenvalue weighted by atomic mass is 16.5. The summed E-state index contributed by atoms with van der Waals surface area (Å²) in [7, 11) is 1.34. The van der Waals surface area contributed by atoms with Crippen LogP contribution in [-0.2, 0) is 20.8 Å². The predicted octanol–water partition coefficient (Wildman–Crippen LogP) is 1.54. The molecule has 132 valence electrons. The van der Waals surface area contributed by atoms with Gasteiger partial charge in [0.2, 0.25) is 0 Å². The van der Waals surface area contributed by atoms with Gasteiger partial charge in [0.25, 0.3) is 0 Å². The molecule has 0 radical (unpaired) electrons. The number of rotatable bonds is 4. The molecule has 0 unspecified atom stereocenters. The van der Waals surface area contributed by atoms with Crippen LogP contribution in [0.1, 0.15) is 31.4 Å². The van der Waals surface area contributed by atoms with Crippen LogP contribution < -0.4 is 5.32 Å². The number of carbonyl (C=O) groups is 2. The first-order chi connectivity index (χ1) is 11.6. The van der Waals surface area contributed by atoms with Gasteiger partial charge in [-0.15, -0.1) is 0 Å². The number of hydrogen-bond acceptors (Lipinski definition) is 5. The second kappa shape index (κ2) is 7.21. The minimum Gasteiger partial charge on any atom is -0.468 e. The number of ether oxygens (including phenoxy) is 2. The lowest BCUT2D eigenvalue weighted by Gasteiger charge is -2.28. The van der Waals surface area contributed by atoms with E-state index in [0.717, 1.165) is 44.5 Å². The summed E-state index contributed by atoms with van der Waals surface area (Å²) in [4.78, 5) is 25.9. The monoisotopic (exact) mass is 336 g/mol. The summed E-state index contributed by atoms with van der Waals surface area (Å²) < 4.78 is 11.9. The van der Waals surface area contributed by atoms with Crippen LogP contribution in [0, 0.1) is 6.92 Å². The van der Waals surface area contributed by atoms with E-state index in [-0.39, 0.29) is 30.7 Å². The maximum Gasteiger partial charge on any atom is 0.327 e. The Hall–Kier alpha value is -2.09. The number of hydrogen-bond donors (Lipinski definition) is 1. The Kier molecular flexibility index (Phi) is 5.03. The molecular formula is C16H24N4O4. The first kappa shape index (κ1) is 16.8. The lowest BCUT2D eigenvalue weighted by molar-refractivity contribution is -0.141. The van der Waals surface area contributed by atoms with Crippen molar-refractivity contribution in [3.05, 3.63) is 11.9 Å². The number of anilines is 1. The highest BCUT2D eigenvalue weighted by Crippen LogP contribution is 2.28. The van der Waals surface area contributed by atoms with Gasteiger partial charge in [-0.2, -0.15) is 5.10 Å². The third-order valence-electron chi connectivity index (χ3n) is 4.81. The maximum absolute atomic E-state index is 12.7. The summed E-state index contributed by atoms with van der Waals surface area (Å²) in [6.45, 7) is 3.37. The van der Waals surface area contributed by atoms with Gasteiger partial charge >= 0.3 is 12.0 Å². The number of likely N-dealkylation sites (tertiary alicyclic amines) is 1. The zero-order valence-electron chi connectivity index (χ0n) is 14.2. The highest BCUT2D eigenvalue weighted by molar-refractivity contribution is 5.90. The highest BCUT2D eigenvalue weighted by Gasteiger charge is 2.37. The number of methoxy groups -OCH3 is 1. The van der Waals surface area contributed by atoms with Crippen LogP contribution in [0.5, 0.6) is 0 Å². The van der Waals surface area contributed by atoms with Gasteiger partial charge in [-0.3, -0.25) is 9.48 Å². The fraction of sp³-hybridized carbons (Fsp3) is 0.688. The SMILES string of the molecule is COC(=O)Cn1ncc(NC(=O)N2CCC[C@@H]2[C@H]2CCCO2)c1C. The smallest absolute Gasteiger partial charge is 0.327 e. The van der Waals surface area contributed by atoms with Crippen LogP contribution in [0.15, 0.2) is 6.20 Å². The Morgan fingerprint density at radius 1 is 1.42 bits per heavy atom. The van der Waals surface area contributed by atoms with Crippen molar-refractivity contribution in [2.45, 2.75) is 51.3 Å². The Bertz CT molecular complexity index is 609. The molecule has 2 fully saturated rings. The summed E-state index contributed by atoms with van der Waals surface area (Å²) in [6.07, 6.45) is 5.78. The summed E-state index contributed by atoms with van der Waals surface area (Å²) in [5.74, 6) is -0.378. The average molecular weight is 336 g/mol. The quantitative estimate of drug-likeness (QED) is 0.843. The van der Waals surface area contributed by atoms with Crippen molar-refractivity contribution in [1.82, 2.24) is 14.7 Å². The van der Waals surface area contributed by atoms with Gasteiger partial charge in [0.15, 0.2) is 0 Å². The van der Waals surface area contributed by atoms with Crippen molar-refractivity contribution in [1.29, 1.82) is 0 Å². The fourth-order valence-corrected chi connectivity index (χ4v) is 3.44. The van der Waals surface area contributed by atoms with E-state index in [0.29, 0.717) is 5.69 Å². The van der Waals surface area contributed by atoms with E-state index in [1.165, 1.54) is 11.8 Å². The van der Waals surface area contributed by atoms with Crippen LogP contribution in [0.25, 0.3) is 0 Å². The van der Waals surface area contributed by atoms with E-state index in [1.54, 1.807) is 6.20 Å². The number of aromatic nitrogens is 2. The molecule has 3 heterocycles. The van der Waals surface area contributed by atoms with Crippen molar-refractivity contribution in [3.8, 4) is 0 Å². The Balaban J connectivity index is 1.65. The molecule has 0 bridgehead atoms. The van der Waals surface area contributed by atoms with Crippen molar-refractivity contribution in [2.24, 2.45) is 0 Å². The van der Waals surface area contributed by atoms with Gasteiger partial charge in [0, 0.05) is 13.2 Å². The normalized spacial score (nSPS) is 23.5. The zero-order valence-corrected chi connectivity index (χ0v) is 14.2. The minimum absolute atomic E-state index is 0.0282. The summed E-state index contributed by atoms with van der Waals surface area (Å²) in [6, 6.07) is 0.0200. The Morgan fingerprint density at radius 2 is 2.25 bits per heavy atom. The second-order valence-corrected chi connectivity index (χ2v) is 6.26. The molecule has 1 aromatic rings. The van der Waals surface area contributed by atoms with E-state index in [2.05, 4.69) is 15.2 Å². The standard InChI is InChI=1S/C16H24N4O4/c1-11-12(9-17-20(11)10-15(21)23-2)18-16(22)19-7-3-5-13(19)14-6-4-8-24-14/h9,13-14H,3-8,10H2,1-2H3,(H,18,22)/t13-,14-/m1/s1. The van der Waals surface area contributed by atoms with Gasteiger partial charge in [0.1, 0.15) is 6.54 Å². The summed E-state index contributed by atoms with van der Waals surface area (Å²) in [5, 5.41) is 7.05. The molecule has 0 aromatic carbocycles. The van der Waals surface area contributed by atoms with Crippen LogP contribution in [0.2, 0.25) is 0 Å². The van der Waals surface area contributed by atoms with Crippen LogP contribution in [0.3, 0.4) is 0 Å². The Labute approximate surface area is 141 Å².